The van der Waals surface area contributed by atoms with Crippen molar-refractivity contribution in [1.82, 2.24) is 9.97 Å². The average Bonchev–Trinajstić information content (AvgIpc) is 2.35. The molecule has 1 rings (SSSR count). The minimum absolute atomic E-state index is 0.445. The van der Waals surface area contributed by atoms with Gasteiger partial charge >= 0.3 is 5.97 Å². The fourth-order valence-electron chi connectivity index (χ4n) is 1.36. The van der Waals surface area contributed by atoms with Gasteiger partial charge in [0.25, 0.3) is 0 Å². The summed E-state index contributed by atoms with van der Waals surface area (Å²) in [5.41, 5.74) is 4.69. The van der Waals surface area contributed by atoms with Crippen molar-refractivity contribution in [3.8, 4) is 0 Å². The molecule has 1 aromatic heterocycles. The van der Waals surface area contributed by atoms with Crippen LogP contribution in [0.2, 0.25) is 0 Å². The molecule has 5 nitrogen and oxygen atoms in total. The van der Waals surface area contributed by atoms with Gasteiger partial charge in [-0.05, 0) is 31.1 Å². The van der Waals surface area contributed by atoms with Gasteiger partial charge in [0.15, 0.2) is 0 Å². The first-order valence-electron chi connectivity index (χ1n) is 5.49. The number of nitrogens with two attached hydrogens (primary N) is 1. The van der Waals surface area contributed by atoms with E-state index in [4.69, 9.17) is 10.8 Å². The third-order valence-electron chi connectivity index (χ3n) is 2.63. The number of aliphatic carboxylic acids is 1. The van der Waals surface area contributed by atoms with Crippen molar-refractivity contribution in [2.75, 3.05) is 5.75 Å². The molecule has 0 amide bonds. The van der Waals surface area contributed by atoms with Crippen molar-refractivity contribution in [2.45, 2.75) is 36.8 Å². The van der Waals surface area contributed by atoms with Crippen LogP contribution in [-0.2, 0) is 4.79 Å². The molecule has 1 atom stereocenters. The van der Waals surface area contributed by atoms with E-state index in [2.05, 4.69) is 9.97 Å². The Kier molecular flexibility index (Phi) is 5.37. The Balaban J connectivity index is 2.31. The summed E-state index contributed by atoms with van der Waals surface area (Å²) in [6, 6.07) is 1.83. The lowest BCUT2D eigenvalue weighted by molar-refractivity contribution is -0.143. The van der Waals surface area contributed by atoms with Gasteiger partial charge in [-0.15, -0.1) is 11.8 Å². The first kappa shape index (κ1) is 13.9. The summed E-state index contributed by atoms with van der Waals surface area (Å²) in [4.78, 5) is 18.9. The Bertz CT molecular complexity index is 361. The van der Waals surface area contributed by atoms with Crippen LogP contribution in [0, 0.1) is 0 Å². The van der Waals surface area contributed by atoms with Crippen LogP contribution in [0.1, 0.15) is 26.2 Å². The zero-order valence-corrected chi connectivity index (χ0v) is 10.6. The van der Waals surface area contributed by atoms with Crippen LogP contribution >= 0.6 is 11.8 Å². The smallest absolute Gasteiger partial charge is 0.323 e. The highest BCUT2D eigenvalue weighted by Crippen LogP contribution is 2.20. The Morgan fingerprint density at radius 1 is 1.65 bits per heavy atom. The highest BCUT2D eigenvalue weighted by Gasteiger charge is 2.30. The molecule has 0 spiro atoms. The van der Waals surface area contributed by atoms with Crippen LogP contribution in [0.15, 0.2) is 23.6 Å². The van der Waals surface area contributed by atoms with Gasteiger partial charge in [-0.2, -0.15) is 0 Å². The summed E-state index contributed by atoms with van der Waals surface area (Å²) in [6.07, 6.45) is 4.87. The molecule has 1 heterocycles. The Morgan fingerprint density at radius 2 is 2.41 bits per heavy atom. The summed E-state index contributed by atoms with van der Waals surface area (Å²) in [6.45, 7) is 1.80. The van der Waals surface area contributed by atoms with Crippen molar-refractivity contribution >= 4 is 17.7 Å². The fourth-order valence-corrected chi connectivity index (χ4v) is 2.14. The van der Waals surface area contributed by atoms with E-state index in [1.165, 1.54) is 6.33 Å². The third kappa shape index (κ3) is 4.32. The number of rotatable bonds is 7. The molecule has 0 fully saturated rings. The lowest BCUT2D eigenvalue weighted by atomic mass is 9.92. The largest absolute Gasteiger partial charge is 0.480 e. The monoisotopic (exact) mass is 255 g/mol. The number of aromatic nitrogens is 2. The zero-order chi connectivity index (χ0) is 12.7. The second-order valence-electron chi connectivity index (χ2n) is 3.81. The topological polar surface area (TPSA) is 89.1 Å². The zero-order valence-electron chi connectivity index (χ0n) is 9.80. The van der Waals surface area contributed by atoms with E-state index in [9.17, 15) is 4.79 Å². The molecule has 17 heavy (non-hydrogen) atoms. The highest BCUT2D eigenvalue weighted by atomic mass is 32.2. The molecular weight excluding hydrogens is 238 g/mol. The van der Waals surface area contributed by atoms with Gasteiger partial charge in [0.2, 0.25) is 0 Å². The van der Waals surface area contributed by atoms with Crippen LogP contribution in [0.5, 0.6) is 0 Å². The Labute approximate surface area is 105 Å². The maximum atomic E-state index is 11.0. The predicted molar refractivity (Wildman–Crippen MR) is 66.8 cm³/mol. The van der Waals surface area contributed by atoms with E-state index in [0.717, 1.165) is 17.2 Å². The number of hydrogen-bond acceptors (Lipinski definition) is 5. The molecule has 0 saturated heterocycles. The van der Waals surface area contributed by atoms with E-state index < -0.39 is 11.5 Å². The molecule has 0 radical (unpaired) electrons. The van der Waals surface area contributed by atoms with Gasteiger partial charge in [0.1, 0.15) is 11.9 Å². The number of carboxylic acid groups (broad SMARTS) is 1. The van der Waals surface area contributed by atoms with Crippen molar-refractivity contribution in [3.63, 3.8) is 0 Å². The first-order chi connectivity index (χ1) is 8.08. The summed E-state index contributed by atoms with van der Waals surface area (Å²) in [7, 11) is 0. The molecular formula is C11H17N3O2S. The maximum absolute atomic E-state index is 11.0. The molecule has 1 unspecified atom stereocenters. The number of carboxylic acids is 1. The molecule has 0 aliphatic rings. The molecule has 0 bridgehead atoms. The average molecular weight is 255 g/mol. The quantitative estimate of drug-likeness (QED) is 0.436. The van der Waals surface area contributed by atoms with E-state index >= 15 is 0 Å². The van der Waals surface area contributed by atoms with Crippen LogP contribution in [0.25, 0.3) is 0 Å². The van der Waals surface area contributed by atoms with Gasteiger partial charge in [0.05, 0.1) is 5.03 Å². The summed E-state index contributed by atoms with van der Waals surface area (Å²) in [5, 5.41) is 9.89. The molecule has 1 aromatic rings. The highest BCUT2D eigenvalue weighted by molar-refractivity contribution is 7.99. The number of thioether (sulfide) groups is 1. The van der Waals surface area contributed by atoms with Gasteiger partial charge < -0.3 is 10.8 Å². The minimum atomic E-state index is -1.09. The molecule has 0 aliphatic heterocycles. The third-order valence-corrected chi connectivity index (χ3v) is 3.66. The van der Waals surface area contributed by atoms with Gasteiger partial charge in [0, 0.05) is 6.20 Å². The molecule has 6 heteroatoms. The lowest BCUT2D eigenvalue weighted by Gasteiger charge is -2.22. The van der Waals surface area contributed by atoms with E-state index in [-0.39, 0.29) is 0 Å². The van der Waals surface area contributed by atoms with Crippen LogP contribution in [0.4, 0.5) is 0 Å². The van der Waals surface area contributed by atoms with Crippen molar-refractivity contribution in [3.05, 3.63) is 18.6 Å². The Morgan fingerprint density at radius 3 is 2.94 bits per heavy atom. The first-order valence-corrected chi connectivity index (χ1v) is 6.48. The second-order valence-corrected chi connectivity index (χ2v) is 4.93. The molecule has 3 N–H and O–H groups in total. The fraction of sp³-hybridized carbons (Fsp3) is 0.545. The Hall–Kier alpha value is -1.14. The van der Waals surface area contributed by atoms with Gasteiger partial charge in [-0.3, -0.25) is 4.79 Å². The second kappa shape index (κ2) is 6.56. The summed E-state index contributed by atoms with van der Waals surface area (Å²) < 4.78 is 0. The van der Waals surface area contributed by atoms with Crippen molar-refractivity contribution in [2.24, 2.45) is 5.73 Å². The van der Waals surface area contributed by atoms with Crippen molar-refractivity contribution in [1.29, 1.82) is 0 Å². The van der Waals surface area contributed by atoms with Crippen molar-refractivity contribution < 1.29 is 9.90 Å². The summed E-state index contributed by atoms with van der Waals surface area (Å²) >= 11 is 1.58. The normalized spacial score (nSPS) is 14.2. The molecule has 0 aromatic carbocycles. The standard InChI is InChI=1S/C11H17N3O2S/c1-2-11(12,10(15)16)5-3-7-17-9-4-6-13-8-14-9/h4,6,8H,2-3,5,7,12H2,1H3,(H,15,16). The number of carbonyl (C=O) groups is 1. The van der Waals surface area contributed by atoms with Crippen LogP contribution < -0.4 is 5.73 Å². The SMILES string of the molecule is CCC(N)(CCCSc1ccncn1)C(=O)O. The number of nitrogens with zero attached hydrogens (tertiary/aromatic N) is 2. The van der Waals surface area contributed by atoms with E-state index in [1.807, 2.05) is 6.07 Å². The van der Waals surface area contributed by atoms with Crippen LogP contribution in [-0.4, -0.2) is 32.3 Å². The minimum Gasteiger partial charge on any atom is -0.480 e. The van der Waals surface area contributed by atoms with Gasteiger partial charge in [-0.1, -0.05) is 6.92 Å². The molecule has 0 saturated carbocycles. The van der Waals surface area contributed by atoms with Gasteiger partial charge in [-0.25, -0.2) is 9.97 Å². The van der Waals surface area contributed by atoms with E-state index in [0.29, 0.717) is 12.8 Å². The van der Waals surface area contributed by atoms with Crippen LogP contribution in [0.3, 0.4) is 0 Å². The lowest BCUT2D eigenvalue weighted by Crippen LogP contribution is -2.47. The molecule has 94 valence electrons. The van der Waals surface area contributed by atoms with E-state index in [1.54, 1.807) is 24.9 Å². The summed E-state index contributed by atoms with van der Waals surface area (Å²) in [5.74, 6) is -0.115. The predicted octanol–water partition coefficient (Wildman–Crippen LogP) is 1.54. The number of hydrogen-bond donors (Lipinski definition) is 2. The maximum Gasteiger partial charge on any atom is 0.323 e. The molecule has 0 aliphatic carbocycles.